The number of nitrogens with one attached hydrogen (secondary N) is 1. The minimum Gasteiger partial charge on any atom is -0.312 e. The normalized spacial score (nSPS) is 14.7. The first-order valence-electron chi connectivity index (χ1n) is 6.57. The Morgan fingerprint density at radius 3 is 3.00 bits per heavy atom. The molecule has 90 valence electrons. The molecular weight excluding hydrogens is 214 g/mol. The molecule has 1 nitrogen and oxygen atoms in total. The Morgan fingerprint density at radius 1 is 1.38 bits per heavy atom. The van der Waals surface area contributed by atoms with Crippen molar-refractivity contribution < 1.29 is 0 Å². The van der Waals surface area contributed by atoms with Gasteiger partial charge in [0.2, 0.25) is 0 Å². The number of aryl methyl sites for hydroxylation is 2. The molecule has 0 aromatic carbocycles. The summed E-state index contributed by atoms with van der Waals surface area (Å²) in [5.74, 6) is 0.840. The van der Waals surface area contributed by atoms with E-state index in [0.717, 1.165) is 12.5 Å². The molecule has 2 heteroatoms. The van der Waals surface area contributed by atoms with Crippen molar-refractivity contribution in [2.24, 2.45) is 5.92 Å². The van der Waals surface area contributed by atoms with Crippen LogP contribution in [0.1, 0.15) is 48.4 Å². The molecule has 0 amide bonds. The molecule has 0 fully saturated rings. The Hall–Kier alpha value is -0.340. The van der Waals surface area contributed by atoms with E-state index in [1.807, 2.05) is 11.3 Å². The summed E-state index contributed by atoms with van der Waals surface area (Å²) in [6, 6.07) is 2.42. The highest BCUT2D eigenvalue weighted by Gasteiger charge is 2.14. The van der Waals surface area contributed by atoms with Gasteiger partial charge in [-0.1, -0.05) is 13.8 Å². The first kappa shape index (κ1) is 12.1. The third-order valence-electron chi connectivity index (χ3n) is 3.23. The summed E-state index contributed by atoms with van der Waals surface area (Å²) in [6.07, 6.45) is 6.67. The van der Waals surface area contributed by atoms with Crippen LogP contribution >= 0.6 is 11.3 Å². The van der Waals surface area contributed by atoms with Crippen molar-refractivity contribution in [2.45, 2.75) is 52.5 Å². The monoisotopic (exact) mass is 237 g/mol. The molecule has 0 atom stereocenters. The lowest BCUT2D eigenvalue weighted by Gasteiger charge is -2.05. The molecule has 0 saturated heterocycles. The second-order valence-electron chi connectivity index (χ2n) is 5.23. The van der Waals surface area contributed by atoms with Crippen molar-refractivity contribution in [1.29, 1.82) is 0 Å². The van der Waals surface area contributed by atoms with Crippen molar-refractivity contribution in [3.8, 4) is 0 Å². The lowest BCUT2D eigenvalue weighted by molar-refractivity contribution is 0.528. The van der Waals surface area contributed by atoms with Gasteiger partial charge in [0, 0.05) is 16.3 Å². The van der Waals surface area contributed by atoms with Gasteiger partial charge >= 0.3 is 0 Å². The van der Waals surface area contributed by atoms with Gasteiger partial charge in [0.15, 0.2) is 0 Å². The van der Waals surface area contributed by atoms with Crippen LogP contribution in [-0.4, -0.2) is 6.54 Å². The van der Waals surface area contributed by atoms with Crippen LogP contribution in [0.25, 0.3) is 0 Å². The van der Waals surface area contributed by atoms with Crippen molar-refractivity contribution in [3.63, 3.8) is 0 Å². The van der Waals surface area contributed by atoms with E-state index < -0.39 is 0 Å². The number of fused-ring (bicyclic) bond motifs is 1. The average molecular weight is 237 g/mol. The molecule has 0 spiro atoms. The average Bonchev–Trinajstić information content (AvgIpc) is 2.76. The van der Waals surface area contributed by atoms with E-state index in [9.17, 15) is 0 Å². The molecule has 1 heterocycles. The topological polar surface area (TPSA) is 12.0 Å². The molecule has 0 saturated carbocycles. The van der Waals surface area contributed by atoms with Crippen LogP contribution in [0.2, 0.25) is 0 Å². The maximum absolute atomic E-state index is 3.56. The van der Waals surface area contributed by atoms with Gasteiger partial charge in [0.1, 0.15) is 0 Å². The molecule has 0 radical (unpaired) electrons. The second kappa shape index (κ2) is 5.83. The fourth-order valence-electron chi connectivity index (χ4n) is 2.32. The predicted molar refractivity (Wildman–Crippen MR) is 72.1 cm³/mol. The SMILES string of the molecule is CC(C)CCCNCc1cc2c(s1)CCC2. The van der Waals surface area contributed by atoms with Gasteiger partial charge in [0.25, 0.3) is 0 Å². The molecule has 2 rings (SSSR count). The van der Waals surface area contributed by atoms with Crippen molar-refractivity contribution in [2.75, 3.05) is 6.54 Å². The van der Waals surface area contributed by atoms with Crippen LogP contribution in [0.3, 0.4) is 0 Å². The molecule has 1 aromatic heterocycles. The van der Waals surface area contributed by atoms with Gasteiger partial charge < -0.3 is 5.32 Å². The fraction of sp³-hybridized carbons (Fsp3) is 0.714. The third kappa shape index (κ3) is 3.33. The van der Waals surface area contributed by atoms with Crippen LogP contribution in [0.4, 0.5) is 0 Å². The highest BCUT2D eigenvalue weighted by atomic mass is 32.1. The first-order chi connectivity index (χ1) is 7.75. The van der Waals surface area contributed by atoms with Crippen molar-refractivity contribution in [1.82, 2.24) is 5.32 Å². The number of hydrogen-bond acceptors (Lipinski definition) is 2. The van der Waals surface area contributed by atoms with Crippen molar-refractivity contribution in [3.05, 3.63) is 21.4 Å². The molecular formula is C14H23NS. The van der Waals surface area contributed by atoms with Gasteiger partial charge in [0.05, 0.1) is 0 Å². The zero-order valence-electron chi connectivity index (χ0n) is 10.5. The Kier molecular flexibility index (Phi) is 4.42. The smallest absolute Gasteiger partial charge is 0.0299 e. The largest absolute Gasteiger partial charge is 0.312 e. The maximum Gasteiger partial charge on any atom is 0.0299 e. The van der Waals surface area contributed by atoms with Crippen LogP contribution in [0.15, 0.2) is 6.07 Å². The fourth-order valence-corrected chi connectivity index (χ4v) is 3.56. The summed E-state index contributed by atoms with van der Waals surface area (Å²) in [5, 5.41) is 3.56. The second-order valence-corrected chi connectivity index (χ2v) is 6.45. The number of thiophene rings is 1. The van der Waals surface area contributed by atoms with E-state index in [-0.39, 0.29) is 0 Å². The number of hydrogen-bond donors (Lipinski definition) is 1. The maximum atomic E-state index is 3.56. The Bertz CT molecular complexity index is 306. The van der Waals surface area contributed by atoms with E-state index in [4.69, 9.17) is 0 Å². The zero-order valence-corrected chi connectivity index (χ0v) is 11.3. The van der Waals surface area contributed by atoms with Gasteiger partial charge in [-0.2, -0.15) is 0 Å². The summed E-state index contributed by atoms with van der Waals surface area (Å²) >= 11 is 2.02. The molecule has 1 aliphatic carbocycles. The van der Waals surface area contributed by atoms with E-state index in [0.29, 0.717) is 0 Å². The summed E-state index contributed by atoms with van der Waals surface area (Å²) in [4.78, 5) is 3.19. The van der Waals surface area contributed by atoms with Gasteiger partial charge in [-0.15, -0.1) is 11.3 Å². The summed E-state index contributed by atoms with van der Waals surface area (Å²) < 4.78 is 0. The summed E-state index contributed by atoms with van der Waals surface area (Å²) in [6.45, 7) is 6.84. The van der Waals surface area contributed by atoms with E-state index in [1.165, 1.54) is 43.5 Å². The van der Waals surface area contributed by atoms with Gasteiger partial charge in [-0.3, -0.25) is 0 Å². The minimum atomic E-state index is 0.840. The van der Waals surface area contributed by atoms with Crippen LogP contribution in [0, 0.1) is 5.92 Å². The third-order valence-corrected chi connectivity index (χ3v) is 4.47. The molecule has 16 heavy (non-hydrogen) atoms. The molecule has 0 bridgehead atoms. The predicted octanol–water partition coefficient (Wildman–Crippen LogP) is 3.76. The van der Waals surface area contributed by atoms with E-state index in [2.05, 4.69) is 25.2 Å². The Balaban J connectivity index is 1.66. The first-order valence-corrected chi connectivity index (χ1v) is 7.38. The molecule has 0 unspecified atom stereocenters. The minimum absolute atomic E-state index is 0.840. The molecule has 0 aliphatic heterocycles. The van der Waals surface area contributed by atoms with Gasteiger partial charge in [-0.25, -0.2) is 0 Å². The molecule has 1 N–H and O–H groups in total. The van der Waals surface area contributed by atoms with E-state index >= 15 is 0 Å². The lowest BCUT2D eigenvalue weighted by Crippen LogP contribution is -2.14. The van der Waals surface area contributed by atoms with E-state index in [1.54, 1.807) is 10.4 Å². The van der Waals surface area contributed by atoms with Gasteiger partial charge in [-0.05, 0) is 56.2 Å². The van der Waals surface area contributed by atoms with Crippen molar-refractivity contribution >= 4 is 11.3 Å². The van der Waals surface area contributed by atoms with Crippen LogP contribution < -0.4 is 5.32 Å². The number of rotatable bonds is 6. The zero-order chi connectivity index (χ0) is 11.4. The molecule has 1 aromatic rings. The lowest BCUT2D eigenvalue weighted by atomic mass is 10.1. The summed E-state index contributed by atoms with van der Waals surface area (Å²) in [5.41, 5.74) is 1.63. The van der Waals surface area contributed by atoms with Crippen LogP contribution in [-0.2, 0) is 19.4 Å². The molecule has 1 aliphatic rings. The highest BCUT2D eigenvalue weighted by Crippen LogP contribution is 2.30. The highest BCUT2D eigenvalue weighted by molar-refractivity contribution is 7.12. The quantitative estimate of drug-likeness (QED) is 0.743. The Labute approximate surface area is 103 Å². The van der Waals surface area contributed by atoms with Crippen LogP contribution in [0.5, 0.6) is 0 Å². The summed E-state index contributed by atoms with van der Waals surface area (Å²) in [7, 11) is 0. The standard InChI is InChI=1S/C14H23NS/c1-11(2)5-4-8-15-10-13-9-12-6-3-7-14(12)16-13/h9,11,15H,3-8,10H2,1-2H3. The Morgan fingerprint density at radius 2 is 2.25 bits per heavy atom.